The third kappa shape index (κ3) is 2.49. The summed E-state index contributed by atoms with van der Waals surface area (Å²) in [5, 5.41) is 3.34. The Morgan fingerprint density at radius 2 is 2.15 bits per heavy atom. The number of hydrogen-bond donors (Lipinski definition) is 1. The molecule has 3 heterocycles. The lowest BCUT2D eigenvalue weighted by Crippen LogP contribution is -2.45. The van der Waals surface area contributed by atoms with Gasteiger partial charge in [0, 0.05) is 31.2 Å². The van der Waals surface area contributed by atoms with Gasteiger partial charge in [-0.15, -0.1) is 0 Å². The molecule has 1 atom stereocenters. The molecule has 1 N–H and O–H groups in total. The lowest BCUT2D eigenvalue weighted by atomic mass is 9.79. The fourth-order valence-corrected chi connectivity index (χ4v) is 3.43. The highest BCUT2D eigenvalue weighted by Gasteiger charge is 2.41. The molecule has 110 valence electrons. The summed E-state index contributed by atoms with van der Waals surface area (Å²) in [6.45, 7) is 3.24. The van der Waals surface area contributed by atoms with E-state index in [1.54, 1.807) is 6.07 Å². The van der Waals surface area contributed by atoms with Gasteiger partial charge < -0.3 is 10.2 Å². The van der Waals surface area contributed by atoms with Crippen molar-refractivity contribution in [3.05, 3.63) is 24.0 Å². The Kier molecular flexibility index (Phi) is 3.36. The van der Waals surface area contributed by atoms with Crippen LogP contribution in [-0.4, -0.2) is 31.2 Å². The first kappa shape index (κ1) is 13.7. The number of nitrogens with one attached hydrogen (secondary N) is 1. The molecule has 0 aromatic carbocycles. The van der Waals surface area contributed by atoms with Gasteiger partial charge in [0.2, 0.25) is 0 Å². The number of alkyl halides is 3. The molecule has 0 bridgehead atoms. The number of pyridine rings is 1. The zero-order valence-corrected chi connectivity index (χ0v) is 11.2. The Hall–Kier alpha value is -1.30. The fourth-order valence-electron chi connectivity index (χ4n) is 3.43. The molecule has 2 fully saturated rings. The summed E-state index contributed by atoms with van der Waals surface area (Å²) in [4.78, 5) is 5.43. The van der Waals surface area contributed by atoms with Crippen molar-refractivity contribution in [2.45, 2.75) is 25.4 Å². The number of nitrogens with zero attached hydrogens (tertiary/aromatic N) is 2. The lowest BCUT2D eigenvalue weighted by Gasteiger charge is -2.41. The molecule has 20 heavy (non-hydrogen) atoms. The van der Waals surface area contributed by atoms with Gasteiger partial charge in [0.15, 0.2) is 5.69 Å². The second-order valence-corrected chi connectivity index (χ2v) is 5.82. The van der Waals surface area contributed by atoms with Gasteiger partial charge in [-0.1, -0.05) is 0 Å². The van der Waals surface area contributed by atoms with Crippen molar-refractivity contribution in [1.82, 2.24) is 10.3 Å². The maximum Gasteiger partial charge on any atom is 0.435 e. The maximum atomic E-state index is 13.1. The normalized spacial score (nSPS) is 27.2. The molecule has 1 aromatic heterocycles. The number of hydrogen-bond acceptors (Lipinski definition) is 3. The molecule has 0 amide bonds. The van der Waals surface area contributed by atoms with Crippen LogP contribution in [0.25, 0.3) is 0 Å². The topological polar surface area (TPSA) is 28.2 Å². The van der Waals surface area contributed by atoms with Gasteiger partial charge in [0.25, 0.3) is 0 Å². The number of piperidine rings is 1. The van der Waals surface area contributed by atoms with Crippen LogP contribution in [-0.2, 0) is 6.18 Å². The molecular weight excluding hydrogens is 267 g/mol. The van der Waals surface area contributed by atoms with Crippen LogP contribution in [0.3, 0.4) is 0 Å². The Labute approximate surface area is 116 Å². The van der Waals surface area contributed by atoms with Gasteiger partial charge in [-0.25, -0.2) is 4.98 Å². The highest BCUT2D eigenvalue weighted by Crippen LogP contribution is 2.40. The summed E-state index contributed by atoms with van der Waals surface area (Å²) < 4.78 is 39.2. The van der Waals surface area contributed by atoms with Crippen molar-refractivity contribution < 1.29 is 13.2 Å². The van der Waals surface area contributed by atoms with Crippen molar-refractivity contribution in [3.63, 3.8) is 0 Å². The van der Waals surface area contributed by atoms with Crippen molar-refractivity contribution in [3.8, 4) is 0 Å². The number of halogens is 3. The smallest absolute Gasteiger partial charge is 0.369 e. The van der Waals surface area contributed by atoms with Crippen LogP contribution in [0.1, 0.15) is 25.0 Å². The molecule has 3 rings (SSSR count). The third-order valence-electron chi connectivity index (χ3n) is 4.39. The molecule has 3 nitrogen and oxygen atoms in total. The van der Waals surface area contributed by atoms with Crippen molar-refractivity contribution in [1.29, 1.82) is 0 Å². The molecule has 1 spiro atoms. The molecular formula is C14H18F3N3. The van der Waals surface area contributed by atoms with Crippen molar-refractivity contribution >= 4 is 5.69 Å². The van der Waals surface area contributed by atoms with Gasteiger partial charge in [0.1, 0.15) is 0 Å². The maximum absolute atomic E-state index is 13.1. The molecule has 2 aliphatic rings. The van der Waals surface area contributed by atoms with Crippen LogP contribution in [0, 0.1) is 5.41 Å². The van der Waals surface area contributed by atoms with Crippen LogP contribution in [0.5, 0.6) is 0 Å². The van der Waals surface area contributed by atoms with Crippen LogP contribution in [0.2, 0.25) is 0 Å². The summed E-state index contributed by atoms with van der Waals surface area (Å²) in [5.74, 6) is 0. The zero-order chi connectivity index (χ0) is 14.2. The van der Waals surface area contributed by atoms with Gasteiger partial charge in [0.05, 0.1) is 5.69 Å². The summed E-state index contributed by atoms with van der Waals surface area (Å²) in [6, 6.07) is 3.12. The van der Waals surface area contributed by atoms with E-state index in [1.165, 1.54) is 12.3 Å². The minimum atomic E-state index is -4.39. The van der Waals surface area contributed by atoms with Crippen molar-refractivity contribution in [2.24, 2.45) is 5.41 Å². The first-order valence-corrected chi connectivity index (χ1v) is 6.98. The van der Waals surface area contributed by atoms with Gasteiger partial charge in [-0.3, -0.25) is 0 Å². The molecule has 0 aliphatic carbocycles. The first-order chi connectivity index (χ1) is 9.50. The largest absolute Gasteiger partial charge is 0.435 e. The lowest BCUT2D eigenvalue weighted by molar-refractivity contribution is -0.140. The monoisotopic (exact) mass is 285 g/mol. The predicted octanol–water partition coefficient (Wildman–Crippen LogP) is 2.68. The second kappa shape index (κ2) is 4.91. The van der Waals surface area contributed by atoms with Gasteiger partial charge in [-0.2, -0.15) is 13.2 Å². The van der Waals surface area contributed by atoms with Crippen LogP contribution >= 0.6 is 0 Å². The highest BCUT2D eigenvalue weighted by molar-refractivity contribution is 5.52. The van der Waals surface area contributed by atoms with Gasteiger partial charge >= 0.3 is 6.18 Å². The van der Waals surface area contributed by atoms with Crippen molar-refractivity contribution in [2.75, 3.05) is 31.1 Å². The predicted molar refractivity (Wildman–Crippen MR) is 70.6 cm³/mol. The standard InChI is InChI=1S/C14H18F3N3/c15-14(16,17)12-11(3-1-6-19-12)20-8-2-4-13(10-20)5-7-18-9-13/h1,3,6,18H,2,4-5,7-10H2. The minimum absolute atomic E-state index is 0.136. The van der Waals surface area contributed by atoms with Crippen LogP contribution < -0.4 is 10.2 Å². The Morgan fingerprint density at radius 1 is 1.30 bits per heavy atom. The van der Waals surface area contributed by atoms with Crippen LogP contribution in [0.4, 0.5) is 18.9 Å². The first-order valence-electron chi connectivity index (χ1n) is 6.98. The zero-order valence-electron chi connectivity index (χ0n) is 11.2. The average molecular weight is 285 g/mol. The Bertz CT molecular complexity index is 481. The quantitative estimate of drug-likeness (QED) is 0.860. The van der Waals surface area contributed by atoms with E-state index in [0.717, 1.165) is 32.4 Å². The van der Waals surface area contributed by atoms with E-state index in [1.807, 2.05) is 4.90 Å². The van der Waals surface area contributed by atoms with E-state index in [2.05, 4.69) is 10.3 Å². The molecule has 1 aromatic rings. The van der Waals surface area contributed by atoms with E-state index in [-0.39, 0.29) is 11.1 Å². The molecule has 2 aliphatic heterocycles. The molecule has 2 saturated heterocycles. The second-order valence-electron chi connectivity index (χ2n) is 5.82. The Balaban J connectivity index is 1.89. The SMILES string of the molecule is FC(F)(F)c1ncccc1N1CCCC2(CCNC2)C1. The average Bonchev–Trinajstić information content (AvgIpc) is 2.86. The summed E-state index contributed by atoms with van der Waals surface area (Å²) in [5.41, 5.74) is -0.397. The van der Waals surface area contributed by atoms with E-state index in [0.29, 0.717) is 13.1 Å². The molecule has 0 saturated carbocycles. The molecule has 6 heteroatoms. The van der Waals surface area contributed by atoms with E-state index >= 15 is 0 Å². The third-order valence-corrected chi connectivity index (χ3v) is 4.39. The van der Waals surface area contributed by atoms with Gasteiger partial charge in [-0.05, 0) is 37.9 Å². The van der Waals surface area contributed by atoms with Crippen LogP contribution in [0.15, 0.2) is 18.3 Å². The molecule has 0 radical (unpaired) electrons. The van der Waals surface area contributed by atoms with E-state index in [4.69, 9.17) is 0 Å². The minimum Gasteiger partial charge on any atom is -0.369 e. The molecule has 1 unspecified atom stereocenters. The number of anilines is 1. The van der Waals surface area contributed by atoms with E-state index < -0.39 is 11.9 Å². The number of rotatable bonds is 1. The Morgan fingerprint density at radius 3 is 2.85 bits per heavy atom. The summed E-state index contributed by atoms with van der Waals surface area (Å²) in [7, 11) is 0. The highest BCUT2D eigenvalue weighted by atomic mass is 19.4. The fraction of sp³-hybridized carbons (Fsp3) is 0.643. The van der Waals surface area contributed by atoms with E-state index in [9.17, 15) is 13.2 Å². The number of aromatic nitrogens is 1. The summed E-state index contributed by atoms with van der Waals surface area (Å²) >= 11 is 0. The summed E-state index contributed by atoms with van der Waals surface area (Å²) in [6.07, 6.45) is -0.102.